The van der Waals surface area contributed by atoms with Crippen LogP contribution in [0.1, 0.15) is 50.1 Å². The molecule has 0 amide bonds. The van der Waals surface area contributed by atoms with Gasteiger partial charge in [-0.3, -0.25) is 0 Å². The molecule has 0 aromatic heterocycles. The SMILES string of the molecule is OC[C@H]1O[C@@H](OC[C@H]2O[C@@H](OC[C@H]3O[C@@H](Sc4ccccc4)[C@H](OCc4ccccc4)[C@@H](OCc4ccccc4)[C@@H]3OCc3ccccc3)[C@H](OCc3ccccc3)[C@@H](OCc3ccccc3)[C@@H]2OCc2ccccc2)[C@H](OCc2ccccc2)[C@@H](OCc2ccccc2)[C@@H]1OCc1ccccc1. The molecule has 3 aliphatic heterocycles. The van der Waals surface area contributed by atoms with E-state index in [2.05, 4.69) is 36.4 Å². The van der Waals surface area contributed by atoms with Crippen LogP contribution in [0.3, 0.4) is 0 Å². The third-order valence-electron chi connectivity index (χ3n) is 18.4. The zero-order chi connectivity index (χ0) is 69.9. The molecule has 10 aromatic rings. The molecule has 0 aliphatic carbocycles. The topological polar surface area (TPSA) is 149 Å². The highest BCUT2D eigenvalue weighted by molar-refractivity contribution is 7.99. The maximum absolute atomic E-state index is 11.5. The van der Waals surface area contributed by atoms with Gasteiger partial charge in [0.2, 0.25) is 0 Å². The fraction of sp³-hybridized carbons (Fsp3) is 0.310. The van der Waals surface area contributed by atoms with E-state index in [1.807, 2.05) is 267 Å². The van der Waals surface area contributed by atoms with Crippen molar-refractivity contribution in [2.24, 2.45) is 0 Å². The molecule has 10 aromatic carbocycles. The van der Waals surface area contributed by atoms with Gasteiger partial charge in [0.05, 0.1) is 79.3 Å². The Labute approximate surface area is 608 Å². The number of thioether (sulfide) groups is 1. The quantitative estimate of drug-likeness (QED) is 0.0396. The van der Waals surface area contributed by atoms with Crippen LogP contribution in [0.25, 0.3) is 0 Å². The Balaban J connectivity index is 0.881. The summed E-state index contributed by atoms with van der Waals surface area (Å²) in [7, 11) is 0. The van der Waals surface area contributed by atoms with Gasteiger partial charge in [0.1, 0.15) is 78.7 Å². The molecule has 3 saturated heterocycles. The molecule has 0 unspecified atom stereocenters. The van der Waals surface area contributed by atoms with Crippen molar-refractivity contribution in [3.05, 3.63) is 353 Å². The lowest BCUT2D eigenvalue weighted by molar-refractivity contribution is -0.356. The van der Waals surface area contributed by atoms with Gasteiger partial charge in [-0.25, -0.2) is 0 Å². The van der Waals surface area contributed by atoms with Gasteiger partial charge in [-0.1, -0.05) is 303 Å². The second-order valence-electron chi connectivity index (χ2n) is 25.8. The van der Waals surface area contributed by atoms with Gasteiger partial charge in [-0.05, 0) is 62.2 Å². The Morgan fingerprint density at radius 1 is 0.223 bits per heavy atom. The van der Waals surface area contributed by atoms with Crippen LogP contribution in [-0.2, 0) is 126 Å². The van der Waals surface area contributed by atoms with Crippen LogP contribution in [0.4, 0.5) is 0 Å². The van der Waals surface area contributed by atoms with E-state index in [1.54, 1.807) is 11.8 Å². The zero-order valence-corrected chi connectivity index (χ0v) is 58.4. The van der Waals surface area contributed by atoms with Crippen LogP contribution in [0.15, 0.2) is 308 Å². The first-order valence-corrected chi connectivity index (χ1v) is 36.3. The Morgan fingerprint density at radius 3 is 0.718 bits per heavy atom. The molecule has 0 radical (unpaired) electrons. The summed E-state index contributed by atoms with van der Waals surface area (Å²) in [6.07, 6.45) is -12.6. The molecule has 1 N–H and O–H groups in total. The number of ether oxygens (including phenoxy) is 14. The second kappa shape index (κ2) is 39.2. The van der Waals surface area contributed by atoms with Gasteiger partial charge in [0.25, 0.3) is 0 Å². The molecule has 16 heteroatoms. The van der Waals surface area contributed by atoms with Gasteiger partial charge in [0.15, 0.2) is 12.6 Å². The van der Waals surface area contributed by atoms with E-state index in [9.17, 15) is 5.11 Å². The van der Waals surface area contributed by atoms with E-state index in [4.69, 9.17) is 66.3 Å². The first kappa shape index (κ1) is 73.3. The van der Waals surface area contributed by atoms with E-state index in [1.165, 1.54) is 0 Å². The van der Waals surface area contributed by atoms with Crippen molar-refractivity contribution in [1.29, 1.82) is 0 Å². The number of aliphatic hydroxyl groups is 1. The molecular formula is C87H90O15S. The Kier molecular flexibility index (Phi) is 27.9. The summed E-state index contributed by atoms with van der Waals surface area (Å²) in [5.74, 6) is 0. The van der Waals surface area contributed by atoms with Crippen molar-refractivity contribution in [1.82, 2.24) is 0 Å². The molecule has 0 spiro atoms. The fourth-order valence-electron chi connectivity index (χ4n) is 13.0. The summed E-state index contributed by atoms with van der Waals surface area (Å²) >= 11 is 1.56. The lowest BCUT2D eigenvalue weighted by Gasteiger charge is -2.49. The third kappa shape index (κ3) is 21.3. The standard InChI is InChI=1S/C87H90O15S/c88-51-73-76(89-52-63-31-11-1-12-32-63)79(92-55-66-37-17-4-18-38-66)82(95-58-69-43-23-7-24-44-69)85(100-73)98-61-74-77(90-53-64-33-13-2-14-34-64)80(93-56-67-39-19-5-20-40-67)83(96-59-70-45-25-8-26-46-70)86(101-74)99-62-75-78(91-54-65-35-15-3-16-36-65)81(94-57-68-41-21-6-22-42-68)84(97-60-71-47-27-9-28-48-71)87(102-75)103-72-49-29-10-30-50-72/h1-50,73-88H,51-62H2/t73-,74-,75-,76-,77-,78-,79+,80+,81+,82-,83-,84-,85-,86-,87+/m1/s1. The van der Waals surface area contributed by atoms with Crippen LogP contribution in [0.5, 0.6) is 0 Å². The summed E-state index contributed by atoms with van der Waals surface area (Å²) in [6.45, 7) is 1.20. The fourth-order valence-corrected chi connectivity index (χ4v) is 14.2. The van der Waals surface area contributed by atoms with Crippen molar-refractivity contribution in [2.75, 3.05) is 19.8 Å². The van der Waals surface area contributed by atoms with Crippen molar-refractivity contribution in [2.45, 2.75) is 156 Å². The zero-order valence-electron chi connectivity index (χ0n) is 57.6. The van der Waals surface area contributed by atoms with Crippen LogP contribution in [0, 0.1) is 0 Å². The minimum Gasteiger partial charge on any atom is -0.394 e. The van der Waals surface area contributed by atoms with E-state index >= 15 is 0 Å². The van der Waals surface area contributed by atoms with E-state index < -0.39 is 97.9 Å². The molecular weight excluding hydrogens is 1320 g/mol. The summed E-state index contributed by atoms with van der Waals surface area (Å²) in [4.78, 5) is 0.975. The number of hydrogen-bond acceptors (Lipinski definition) is 16. The average Bonchev–Trinajstić information content (AvgIpc) is 0.835. The first-order valence-electron chi connectivity index (χ1n) is 35.5. The van der Waals surface area contributed by atoms with E-state index in [-0.39, 0.29) is 72.7 Å². The Hall–Kier alpha value is -8.05. The highest BCUT2D eigenvalue weighted by Crippen LogP contribution is 2.41. The monoisotopic (exact) mass is 1410 g/mol. The number of hydrogen-bond donors (Lipinski definition) is 1. The summed E-state index contributed by atoms with van der Waals surface area (Å²) in [6, 6.07) is 100. The normalized spacial score (nSPS) is 24.9. The molecule has 15 atom stereocenters. The third-order valence-corrected chi connectivity index (χ3v) is 19.5. The van der Waals surface area contributed by atoms with Crippen LogP contribution >= 0.6 is 11.8 Å². The molecule has 3 fully saturated rings. The lowest BCUT2D eigenvalue weighted by Crippen LogP contribution is -2.64. The van der Waals surface area contributed by atoms with Gasteiger partial charge >= 0.3 is 0 Å². The Bertz CT molecular complexity index is 3950. The smallest absolute Gasteiger partial charge is 0.187 e. The van der Waals surface area contributed by atoms with Gasteiger partial charge in [-0.15, -0.1) is 0 Å². The summed E-state index contributed by atoms with van der Waals surface area (Å²) in [5.41, 5.74) is 7.87. The number of benzene rings is 10. The molecule has 3 heterocycles. The molecule has 0 bridgehead atoms. The molecule has 534 valence electrons. The molecule has 13 rings (SSSR count). The van der Waals surface area contributed by atoms with Gasteiger partial charge in [-0.2, -0.15) is 0 Å². The van der Waals surface area contributed by atoms with Crippen molar-refractivity contribution in [3.8, 4) is 0 Å². The molecule has 3 aliphatic rings. The van der Waals surface area contributed by atoms with Crippen LogP contribution in [-0.4, -0.2) is 116 Å². The van der Waals surface area contributed by atoms with Gasteiger partial charge < -0.3 is 71.4 Å². The van der Waals surface area contributed by atoms with Crippen molar-refractivity contribution < 1.29 is 71.4 Å². The van der Waals surface area contributed by atoms with Crippen molar-refractivity contribution in [3.63, 3.8) is 0 Å². The second-order valence-corrected chi connectivity index (χ2v) is 26.9. The maximum atomic E-state index is 11.5. The van der Waals surface area contributed by atoms with Crippen molar-refractivity contribution >= 4 is 11.8 Å². The molecule has 0 saturated carbocycles. The molecule has 103 heavy (non-hydrogen) atoms. The minimum absolute atomic E-state index is 0.0869. The Morgan fingerprint density at radius 2 is 0.437 bits per heavy atom. The average molecular weight is 1410 g/mol. The van der Waals surface area contributed by atoms with Crippen LogP contribution in [0.2, 0.25) is 0 Å². The maximum Gasteiger partial charge on any atom is 0.187 e. The first-order chi connectivity index (χ1) is 51.0. The predicted molar refractivity (Wildman–Crippen MR) is 392 cm³/mol. The van der Waals surface area contributed by atoms with Crippen LogP contribution < -0.4 is 0 Å². The summed E-state index contributed by atoms with van der Waals surface area (Å²) in [5, 5.41) is 11.5. The minimum atomic E-state index is -1.19. The number of rotatable bonds is 36. The predicted octanol–water partition coefficient (Wildman–Crippen LogP) is 15.2. The number of aliphatic hydroxyl groups excluding tert-OH is 1. The highest BCUT2D eigenvalue weighted by atomic mass is 32.2. The summed E-state index contributed by atoms with van der Waals surface area (Å²) < 4.78 is 101. The van der Waals surface area contributed by atoms with Gasteiger partial charge in [0, 0.05) is 4.90 Å². The largest absolute Gasteiger partial charge is 0.394 e. The molecule has 15 nitrogen and oxygen atoms in total. The lowest BCUT2D eigenvalue weighted by atomic mass is 9.96. The van der Waals surface area contributed by atoms with E-state index in [0.29, 0.717) is 0 Å². The van der Waals surface area contributed by atoms with E-state index in [0.717, 1.165) is 55.0 Å². The highest BCUT2D eigenvalue weighted by Gasteiger charge is 2.54.